The van der Waals surface area contributed by atoms with Crippen molar-refractivity contribution in [3.63, 3.8) is 0 Å². The Morgan fingerprint density at radius 2 is 2.20 bits per heavy atom. The molecule has 0 unspecified atom stereocenters. The summed E-state index contributed by atoms with van der Waals surface area (Å²) in [5, 5.41) is 5.68. The average Bonchev–Trinajstić information content (AvgIpc) is 2.83. The van der Waals surface area contributed by atoms with Crippen LogP contribution in [0.4, 0.5) is 18.9 Å². The Labute approximate surface area is 114 Å². The molecule has 1 aliphatic rings. The standard InChI is InChI=1S/C13H15F3N2O2/c14-13(15,16)8-20-6-5-18-12(19)10-2-1-9-3-4-17-11(9)7-10/h1-2,7,17H,3-6,8H2,(H,18,19). The third-order valence-corrected chi connectivity index (χ3v) is 2.88. The molecule has 0 saturated heterocycles. The van der Waals surface area contributed by atoms with Crippen LogP contribution in [0.2, 0.25) is 0 Å². The first-order valence-corrected chi connectivity index (χ1v) is 6.25. The van der Waals surface area contributed by atoms with Crippen molar-refractivity contribution in [1.82, 2.24) is 5.32 Å². The molecule has 1 amide bonds. The predicted octanol–water partition coefficient (Wildman–Crippen LogP) is 1.96. The smallest absolute Gasteiger partial charge is 0.384 e. The van der Waals surface area contributed by atoms with Crippen LogP contribution in [0.1, 0.15) is 15.9 Å². The van der Waals surface area contributed by atoms with Crippen LogP contribution in [0.25, 0.3) is 0 Å². The number of hydrogen-bond donors (Lipinski definition) is 2. The molecule has 0 spiro atoms. The number of hydrogen-bond acceptors (Lipinski definition) is 3. The molecular weight excluding hydrogens is 273 g/mol. The van der Waals surface area contributed by atoms with Gasteiger partial charge in [-0.15, -0.1) is 0 Å². The van der Waals surface area contributed by atoms with Gasteiger partial charge in [0.05, 0.1) is 6.61 Å². The highest BCUT2D eigenvalue weighted by Gasteiger charge is 2.27. The predicted molar refractivity (Wildman–Crippen MR) is 67.8 cm³/mol. The summed E-state index contributed by atoms with van der Waals surface area (Å²) in [6.07, 6.45) is -3.40. The summed E-state index contributed by atoms with van der Waals surface area (Å²) in [5.74, 6) is -0.322. The average molecular weight is 288 g/mol. The van der Waals surface area contributed by atoms with Gasteiger partial charge in [0.25, 0.3) is 5.91 Å². The normalized spacial score (nSPS) is 13.8. The van der Waals surface area contributed by atoms with Crippen molar-refractivity contribution < 1.29 is 22.7 Å². The zero-order valence-corrected chi connectivity index (χ0v) is 10.7. The Morgan fingerprint density at radius 1 is 1.40 bits per heavy atom. The molecule has 0 saturated carbocycles. The van der Waals surface area contributed by atoms with E-state index in [1.54, 1.807) is 12.1 Å². The van der Waals surface area contributed by atoms with Crippen molar-refractivity contribution in [3.05, 3.63) is 29.3 Å². The molecule has 0 radical (unpaired) electrons. The number of carbonyl (C=O) groups is 1. The molecule has 1 aliphatic heterocycles. The Kier molecular flexibility index (Phi) is 4.49. The molecule has 1 aromatic rings. The second kappa shape index (κ2) is 6.13. The highest BCUT2D eigenvalue weighted by Crippen LogP contribution is 2.23. The highest BCUT2D eigenvalue weighted by molar-refractivity contribution is 5.95. The molecule has 0 aromatic heterocycles. The first-order chi connectivity index (χ1) is 9.46. The largest absolute Gasteiger partial charge is 0.411 e. The molecule has 1 aromatic carbocycles. The van der Waals surface area contributed by atoms with Crippen LogP contribution in [-0.2, 0) is 11.2 Å². The van der Waals surface area contributed by atoms with Gasteiger partial charge < -0.3 is 15.4 Å². The van der Waals surface area contributed by atoms with Crippen LogP contribution in [-0.4, -0.2) is 38.4 Å². The van der Waals surface area contributed by atoms with Gasteiger partial charge in [-0.05, 0) is 24.1 Å². The third-order valence-electron chi connectivity index (χ3n) is 2.88. The fraction of sp³-hybridized carbons (Fsp3) is 0.462. The summed E-state index contributed by atoms with van der Waals surface area (Å²) in [6.45, 7) is -0.578. The van der Waals surface area contributed by atoms with Crippen LogP contribution < -0.4 is 10.6 Å². The van der Waals surface area contributed by atoms with Gasteiger partial charge in [0, 0.05) is 24.3 Å². The summed E-state index contributed by atoms with van der Waals surface area (Å²) in [7, 11) is 0. The quantitative estimate of drug-likeness (QED) is 0.814. The third kappa shape index (κ3) is 4.12. The van der Waals surface area contributed by atoms with Crippen molar-refractivity contribution in [1.29, 1.82) is 0 Å². The number of nitrogens with one attached hydrogen (secondary N) is 2. The monoisotopic (exact) mass is 288 g/mol. The van der Waals surface area contributed by atoms with E-state index in [2.05, 4.69) is 15.4 Å². The minimum absolute atomic E-state index is 0.0411. The SMILES string of the molecule is O=C(NCCOCC(F)(F)F)c1ccc2c(c1)NCC2. The van der Waals surface area contributed by atoms with Crippen LogP contribution in [0, 0.1) is 0 Å². The fourth-order valence-corrected chi connectivity index (χ4v) is 1.96. The highest BCUT2D eigenvalue weighted by atomic mass is 19.4. The molecular formula is C13H15F3N2O2. The lowest BCUT2D eigenvalue weighted by molar-refractivity contribution is -0.173. The zero-order chi connectivity index (χ0) is 14.6. The van der Waals surface area contributed by atoms with Crippen LogP contribution in [0.5, 0.6) is 0 Å². The number of fused-ring (bicyclic) bond motifs is 1. The van der Waals surface area contributed by atoms with Crippen LogP contribution >= 0.6 is 0 Å². The lowest BCUT2D eigenvalue weighted by Crippen LogP contribution is -2.28. The van der Waals surface area contributed by atoms with Gasteiger partial charge >= 0.3 is 6.18 Å². The zero-order valence-electron chi connectivity index (χ0n) is 10.7. The Hall–Kier alpha value is -1.76. The lowest BCUT2D eigenvalue weighted by Gasteiger charge is -2.09. The number of carbonyl (C=O) groups excluding carboxylic acids is 1. The molecule has 0 bridgehead atoms. The van der Waals surface area contributed by atoms with Gasteiger partial charge in [0.15, 0.2) is 0 Å². The van der Waals surface area contributed by atoms with E-state index in [-0.39, 0.29) is 19.1 Å². The molecule has 0 atom stereocenters. The van der Waals surface area contributed by atoms with Crippen molar-refractivity contribution in [2.24, 2.45) is 0 Å². The Bertz CT molecular complexity index is 489. The summed E-state index contributed by atoms with van der Waals surface area (Å²) in [6, 6.07) is 5.33. The van der Waals surface area contributed by atoms with E-state index in [0.717, 1.165) is 24.2 Å². The number of alkyl halides is 3. The molecule has 0 fully saturated rings. The number of rotatable bonds is 5. The van der Waals surface area contributed by atoms with Crippen molar-refractivity contribution in [2.75, 3.05) is 31.6 Å². The maximum Gasteiger partial charge on any atom is 0.411 e. The molecule has 7 heteroatoms. The summed E-state index contributed by atoms with van der Waals surface area (Å²) >= 11 is 0. The van der Waals surface area contributed by atoms with E-state index in [4.69, 9.17) is 0 Å². The molecule has 110 valence electrons. The molecule has 0 aliphatic carbocycles. The fourth-order valence-electron chi connectivity index (χ4n) is 1.96. The topological polar surface area (TPSA) is 50.4 Å². The summed E-state index contributed by atoms with van der Waals surface area (Å²) in [4.78, 5) is 11.8. The summed E-state index contributed by atoms with van der Waals surface area (Å²) < 4.78 is 39.8. The number of amides is 1. The van der Waals surface area contributed by atoms with E-state index in [1.165, 1.54) is 0 Å². The number of ether oxygens (including phenoxy) is 1. The van der Waals surface area contributed by atoms with E-state index in [1.807, 2.05) is 6.07 Å². The molecule has 2 N–H and O–H groups in total. The second-order valence-electron chi connectivity index (χ2n) is 4.47. The molecule has 20 heavy (non-hydrogen) atoms. The Balaban J connectivity index is 1.75. The van der Waals surface area contributed by atoms with Crippen molar-refractivity contribution in [2.45, 2.75) is 12.6 Å². The van der Waals surface area contributed by atoms with E-state index in [9.17, 15) is 18.0 Å². The number of halogens is 3. The van der Waals surface area contributed by atoms with Crippen molar-refractivity contribution in [3.8, 4) is 0 Å². The maximum absolute atomic E-state index is 11.8. The molecule has 2 rings (SSSR count). The van der Waals surface area contributed by atoms with Gasteiger partial charge in [-0.25, -0.2) is 0 Å². The van der Waals surface area contributed by atoms with Crippen molar-refractivity contribution >= 4 is 11.6 Å². The van der Waals surface area contributed by atoms with Crippen LogP contribution in [0.15, 0.2) is 18.2 Å². The molecule has 4 nitrogen and oxygen atoms in total. The van der Waals surface area contributed by atoms with Crippen LogP contribution in [0.3, 0.4) is 0 Å². The van der Waals surface area contributed by atoms with Gasteiger partial charge in [0.2, 0.25) is 0 Å². The minimum atomic E-state index is -4.34. The lowest BCUT2D eigenvalue weighted by atomic mass is 10.1. The minimum Gasteiger partial charge on any atom is -0.384 e. The van der Waals surface area contributed by atoms with Gasteiger partial charge in [-0.2, -0.15) is 13.2 Å². The number of benzene rings is 1. The first-order valence-electron chi connectivity index (χ1n) is 6.25. The second-order valence-corrected chi connectivity index (χ2v) is 4.47. The van der Waals surface area contributed by atoms with Gasteiger partial charge in [-0.1, -0.05) is 6.07 Å². The van der Waals surface area contributed by atoms with E-state index < -0.39 is 12.8 Å². The van der Waals surface area contributed by atoms with Gasteiger partial charge in [-0.3, -0.25) is 4.79 Å². The molecule has 1 heterocycles. The van der Waals surface area contributed by atoms with E-state index >= 15 is 0 Å². The Morgan fingerprint density at radius 3 is 2.95 bits per heavy atom. The number of anilines is 1. The van der Waals surface area contributed by atoms with Gasteiger partial charge in [0.1, 0.15) is 6.61 Å². The maximum atomic E-state index is 11.8. The first kappa shape index (κ1) is 14.6. The summed E-state index contributed by atoms with van der Waals surface area (Å²) in [5.41, 5.74) is 2.58. The van der Waals surface area contributed by atoms with E-state index in [0.29, 0.717) is 5.56 Å².